The van der Waals surface area contributed by atoms with Gasteiger partial charge >= 0.3 is 0 Å². The van der Waals surface area contributed by atoms with Crippen molar-refractivity contribution in [3.8, 4) is 11.5 Å². The number of rotatable bonds is 6. The van der Waals surface area contributed by atoms with Gasteiger partial charge in [-0.3, -0.25) is 4.90 Å². The average Bonchev–Trinajstić information content (AvgIpc) is 2.50. The highest BCUT2D eigenvalue weighted by Gasteiger charge is 2.23. The fourth-order valence-electron chi connectivity index (χ4n) is 2.56. The largest absolute Gasteiger partial charge is 0.493 e. The second-order valence-corrected chi connectivity index (χ2v) is 4.80. The van der Waals surface area contributed by atoms with Crippen LogP contribution < -0.4 is 14.8 Å². The van der Waals surface area contributed by atoms with Crippen molar-refractivity contribution in [1.82, 2.24) is 10.2 Å². The normalized spacial score (nSPS) is 16.9. The lowest BCUT2D eigenvalue weighted by Crippen LogP contribution is -2.45. The molecule has 1 aromatic rings. The maximum Gasteiger partial charge on any atom is 0.161 e. The van der Waals surface area contributed by atoms with Crippen LogP contribution >= 0.6 is 12.4 Å². The molecule has 0 spiro atoms. The second-order valence-electron chi connectivity index (χ2n) is 4.80. The van der Waals surface area contributed by atoms with Gasteiger partial charge in [-0.05, 0) is 24.6 Å². The van der Waals surface area contributed by atoms with Gasteiger partial charge in [-0.25, -0.2) is 4.39 Å². The zero-order valence-electron chi connectivity index (χ0n) is 12.6. The Morgan fingerprint density at radius 1 is 1.29 bits per heavy atom. The molecule has 1 heterocycles. The minimum absolute atomic E-state index is 0. The van der Waals surface area contributed by atoms with Gasteiger partial charge in [0.2, 0.25) is 0 Å². The van der Waals surface area contributed by atoms with E-state index in [2.05, 4.69) is 10.2 Å². The quantitative estimate of drug-likeness (QED) is 0.873. The zero-order chi connectivity index (χ0) is 14.4. The Labute approximate surface area is 132 Å². The number of hydrogen-bond donors (Lipinski definition) is 1. The van der Waals surface area contributed by atoms with Crippen molar-refractivity contribution in [2.75, 3.05) is 46.6 Å². The highest BCUT2D eigenvalue weighted by atomic mass is 35.5. The molecule has 1 fully saturated rings. The van der Waals surface area contributed by atoms with Crippen molar-refractivity contribution in [1.29, 1.82) is 0 Å². The number of nitrogens with zero attached hydrogens (tertiary/aromatic N) is 1. The van der Waals surface area contributed by atoms with Crippen molar-refractivity contribution in [2.24, 2.45) is 0 Å². The molecule has 1 aromatic carbocycles. The molecule has 21 heavy (non-hydrogen) atoms. The first-order chi connectivity index (χ1) is 9.80. The molecule has 0 aliphatic carbocycles. The van der Waals surface area contributed by atoms with E-state index in [9.17, 15) is 4.39 Å². The number of ether oxygens (including phenoxy) is 2. The molecule has 0 saturated carbocycles. The van der Waals surface area contributed by atoms with E-state index in [-0.39, 0.29) is 18.4 Å². The summed E-state index contributed by atoms with van der Waals surface area (Å²) in [6.45, 7) is 5.64. The van der Waals surface area contributed by atoms with E-state index in [0.717, 1.165) is 31.7 Å². The summed E-state index contributed by atoms with van der Waals surface area (Å²) in [5.41, 5.74) is 0.943. The van der Waals surface area contributed by atoms with Gasteiger partial charge in [0.1, 0.15) is 6.67 Å². The fraction of sp³-hybridized carbons (Fsp3) is 0.600. The molecule has 0 radical (unpaired) electrons. The fourth-order valence-corrected chi connectivity index (χ4v) is 2.56. The third-order valence-electron chi connectivity index (χ3n) is 3.61. The molecule has 0 aromatic heterocycles. The predicted octanol–water partition coefficient (Wildman–Crippen LogP) is 2.43. The molecule has 0 unspecified atom stereocenters. The molecular weight excluding hydrogens is 295 g/mol. The SMILES string of the molecule is CCOc1cc([C@@H](CF)N2CCNCC2)ccc1OC.Cl. The first kappa shape index (κ1) is 18.0. The van der Waals surface area contributed by atoms with Gasteiger partial charge in [-0.15, -0.1) is 12.4 Å². The van der Waals surface area contributed by atoms with Crippen molar-refractivity contribution in [3.63, 3.8) is 0 Å². The zero-order valence-corrected chi connectivity index (χ0v) is 13.4. The van der Waals surface area contributed by atoms with E-state index in [1.807, 2.05) is 25.1 Å². The van der Waals surface area contributed by atoms with Gasteiger partial charge in [-0.1, -0.05) is 6.07 Å². The second kappa shape index (κ2) is 9.07. The predicted molar refractivity (Wildman–Crippen MR) is 84.6 cm³/mol. The van der Waals surface area contributed by atoms with Crippen LogP contribution in [0.1, 0.15) is 18.5 Å². The Bertz CT molecular complexity index is 428. The summed E-state index contributed by atoms with van der Waals surface area (Å²) < 4.78 is 24.3. The number of piperazine rings is 1. The summed E-state index contributed by atoms with van der Waals surface area (Å²) in [5, 5.41) is 3.29. The Kier molecular flexibility index (Phi) is 7.78. The lowest BCUT2D eigenvalue weighted by atomic mass is 10.0. The average molecular weight is 319 g/mol. The molecule has 0 amide bonds. The highest BCUT2D eigenvalue weighted by molar-refractivity contribution is 5.85. The van der Waals surface area contributed by atoms with E-state index < -0.39 is 6.67 Å². The summed E-state index contributed by atoms with van der Waals surface area (Å²) in [4.78, 5) is 2.17. The van der Waals surface area contributed by atoms with E-state index in [4.69, 9.17) is 9.47 Å². The van der Waals surface area contributed by atoms with Crippen LogP contribution in [0.25, 0.3) is 0 Å². The van der Waals surface area contributed by atoms with Gasteiger partial charge in [0.25, 0.3) is 0 Å². The Hall–Kier alpha value is -1.04. The number of methoxy groups -OCH3 is 1. The summed E-state index contributed by atoms with van der Waals surface area (Å²) in [5.74, 6) is 1.37. The van der Waals surface area contributed by atoms with E-state index in [1.165, 1.54) is 0 Å². The van der Waals surface area contributed by atoms with E-state index in [0.29, 0.717) is 18.1 Å². The molecule has 1 saturated heterocycles. The Morgan fingerprint density at radius 2 is 2.00 bits per heavy atom. The molecule has 1 atom stereocenters. The molecule has 4 nitrogen and oxygen atoms in total. The molecule has 2 rings (SSSR count). The Morgan fingerprint density at radius 3 is 2.57 bits per heavy atom. The molecule has 1 N–H and O–H groups in total. The smallest absolute Gasteiger partial charge is 0.161 e. The monoisotopic (exact) mass is 318 g/mol. The molecule has 0 bridgehead atoms. The van der Waals surface area contributed by atoms with Gasteiger partial charge < -0.3 is 14.8 Å². The molecular formula is C15H24ClFN2O2. The van der Waals surface area contributed by atoms with Crippen LogP contribution in [0.2, 0.25) is 0 Å². The van der Waals surface area contributed by atoms with Crippen molar-refractivity contribution >= 4 is 12.4 Å². The van der Waals surface area contributed by atoms with Gasteiger partial charge in [0.15, 0.2) is 11.5 Å². The third-order valence-corrected chi connectivity index (χ3v) is 3.61. The molecule has 1 aliphatic rings. The number of alkyl halides is 1. The van der Waals surface area contributed by atoms with Crippen molar-refractivity contribution in [3.05, 3.63) is 23.8 Å². The minimum atomic E-state index is -0.391. The maximum absolute atomic E-state index is 13.5. The standard InChI is InChI=1S/C15H23FN2O2.ClH/c1-3-20-15-10-12(4-5-14(15)19-2)13(11-16)18-8-6-17-7-9-18;/h4-5,10,13,17H,3,6-9,11H2,1-2H3;1H/t13-;/m1./s1. The number of halogens is 2. The summed E-state index contributed by atoms with van der Waals surface area (Å²) in [6.07, 6.45) is 0. The molecule has 120 valence electrons. The first-order valence-corrected chi connectivity index (χ1v) is 7.11. The van der Waals surface area contributed by atoms with Crippen LogP contribution in [0.15, 0.2) is 18.2 Å². The van der Waals surface area contributed by atoms with Crippen LogP contribution in [-0.2, 0) is 0 Å². The van der Waals surface area contributed by atoms with Gasteiger partial charge in [0.05, 0.1) is 19.8 Å². The third kappa shape index (κ3) is 4.46. The first-order valence-electron chi connectivity index (χ1n) is 7.11. The van der Waals surface area contributed by atoms with Crippen molar-refractivity contribution in [2.45, 2.75) is 13.0 Å². The van der Waals surface area contributed by atoms with Gasteiger partial charge in [0, 0.05) is 26.2 Å². The van der Waals surface area contributed by atoms with Crippen LogP contribution in [0.5, 0.6) is 11.5 Å². The molecule has 1 aliphatic heterocycles. The van der Waals surface area contributed by atoms with Crippen LogP contribution in [-0.4, -0.2) is 51.5 Å². The summed E-state index contributed by atoms with van der Waals surface area (Å²) in [6, 6.07) is 5.47. The summed E-state index contributed by atoms with van der Waals surface area (Å²) in [7, 11) is 1.61. The number of benzene rings is 1. The highest BCUT2D eigenvalue weighted by Crippen LogP contribution is 2.32. The number of nitrogens with one attached hydrogen (secondary N) is 1. The molecule has 6 heteroatoms. The van der Waals surface area contributed by atoms with Gasteiger partial charge in [-0.2, -0.15) is 0 Å². The summed E-state index contributed by atoms with van der Waals surface area (Å²) >= 11 is 0. The maximum atomic E-state index is 13.5. The lowest BCUT2D eigenvalue weighted by molar-refractivity contribution is 0.147. The number of hydrogen-bond acceptors (Lipinski definition) is 4. The van der Waals surface area contributed by atoms with Crippen LogP contribution in [0.4, 0.5) is 4.39 Å². The van der Waals surface area contributed by atoms with E-state index in [1.54, 1.807) is 7.11 Å². The topological polar surface area (TPSA) is 33.7 Å². The van der Waals surface area contributed by atoms with E-state index >= 15 is 0 Å². The minimum Gasteiger partial charge on any atom is -0.493 e. The van der Waals surface area contributed by atoms with Crippen molar-refractivity contribution < 1.29 is 13.9 Å². The lowest BCUT2D eigenvalue weighted by Gasteiger charge is -2.33. The van der Waals surface area contributed by atoms with Crippen LogP contribution in [0.3, 0.4) is 0 Å². The van der Waals surface area contributed by atoms with Crippen LogP contribution in [0, 0.1) is 0 Å². The Balaban J connectivity index is 0.00000220.